The van der Waals surface area contributed by atoms with Crippen molar-refractivity contribution in [2.45, 2.75) is 38.6 Å². The zero-order valence-corrected chi connectivity index (χ0v) is 25.4. The predicted octanol–water partition coefficient (Wildman–Crippen LogP) is 7.67. The molecule has 0 fully saturated rings. The predicted molar refractivity (Wildman–Crippen MR) is 171 cm³/mol. The fourth-order valence-corrected chi connectivity index (χ4v) is 5.76. The standard InChI is InChI=1S/C32H27F3N8O3S/c33-32(34,35)46-27-15-12-24(18-26(27)29-36-16-17-47-29)37-31(45)43(25-13-10-22(11-14-25)21-4-2-1-3-5-21)19-20-6-8-23(9-7-20)28(44)38-30-39-41-42-40-30/h4,6-18H,1-3,5,19H2,(H,37,45)(H2,38,39,40,41,42,44). The number of nitrogens with zero attached hydrogens (tertiary/aromatic N) is 5. The van der Waals surface area contributed by atoms with Gasteiger partial charge < -0.3 is 10.1 Å². The Labute approximate surface area is 270 Å². The first-order valence-corrected chi connectivity index (χ1v) is 15.4. The van der Waals surface area contributed by atoms with Crippen molar-refractivity contribution in [1.29, 1.82) is 0 Å². The molecule has 0 atom stereocenters. The first kappa shape index (κ1) is 31.4. The van der Waals surface area contributed by atoms with Gasteiger partial charge in [-0.05, 0) is 90.1 Å². The number of carbonyl (C=O) groups is 2. The van der Waals surface area contributed by atoms with Gasteiger partial charge >= 0.3 is 12.4 Å². The van der Waals surface area contributed by atoms with Crippen LogP contribution in [-0.4, -0.2) is 43.9 Å². The molecule has 0 bridgehead atoms. The molecule has 2 heterocycles. The summed E-state index contributed by atoms with van der Waals surface area (Å²) in [5.74, 6) is -0.835. The molecular weight excluding hydrogens is 633 g/mol. The highest BCUT2D eigenvalue weighted by Crippen LogP contribution is 2.37. The van der Waals surface area contributed by atoms with E-state index < -0.39 is 24.1 Å². The van der Waals surface area contributed by atoms with Crippen molar-refractivity contribution in [2.24, 2.45) is 0 Å². The van der Waals surface area contributed by atoms with Crippen LogP contribution in [0.1, 0.15) is 47.2 Å². The van der Waals surface area contributed by atoms with E-state index >= 15 is 0 Å². The molecule has 0 radical (unpaired) electrons. The second kappa shape index (κ2) is 13.8. The molecule has 0 unspecified atom stereocenters. The Morgan fingerprint density at radius 3 is 2.47 bits per heavy atom. The van der Waals surface area contributed by atoms with Crippen molar-refractivity contribution in [2.75, 3.05) is 15.5 Å². The molecule has 240 valence electrons. The van der Waals surface area contributed by atoms with Crippen LogP contribution in [0.3, 0.4) is 0 Å². The molecule has 15 heteroatoms. The number of nitrogens with one attached hydrogen (secondary N) is 3. The van der Waals surface area contributed by atoms with Crippen LogP contribution in [-0.2, 0) is 6.54 Å². The van der Waals surface area contributed by atoms with Crippen LogP contribution >= 0.6 is 11.3 Å². The lowest BCUT2D eigenvalue weighted by molar-refractivity contribution is -0.274. The number of hydrogen-bond donors (Lipinski definition) is 3. The van der Waals surface area contributed by atoms with E-state index in [2.05, 4.69) is 47.1 Å². The minimum absolute atomic E-state index is 0.0328. The summed E-state index contributed by atoms with van der Waals surface area (Å²) in [7, 11) is 0. The first-order valence-electron chi connectivity index (χ1n) is 14.5. The summed E-state index contributed by atoms with van der Waals surface area (Å²) in [6.45, 7) is 0.120. The van der Waals surface area contributed by atoms with Crippen LogP contribution in [0.15, 0.2) is 84.4 Å². The fraction of sp³-hybridized carbons (Fsp3) is 0.188. The third-order valence-corrected chi connectivity index (χ3v) is 8.14. The van der Waals surface area contributed by atoms with E-state index in [1.54, 1.807) is 29.6 Å². The highest BCUT2D eigenvalue weighted by atomic mass is 32.1. The van der Waals surface area contributed by atoms with Gasteiger partial charge in [0.2, 0.25) is 0 Å². The third-order valence-electron chi connectivity index (χ3n) is 7.33. The van der Waals surface area contributed by atoms with E-state index in [1.165, 1.54) is 35.2 Å². The summed E-state index contributed by atoms with van der Waals surface area (Å²) in [6.07, 6.45) is 3.12. The Morgan fingerprint density at radius 1 is 1.00 bits per heavy atom. The number of urea groups is 1. The molecule has 1 aliphatic carbocycles. The number of allylic oxidation sites excluding steroid dienone is 2. The summed E-state index contributed by atoms with van der Waals surface area (Å²) in [5.41, 5.74) is 4.34. The lowest BCUT2D eigenvalue weighted by Gasteiger charge is -2.24. The van der Waals surface area contributed by atoms with E-state index in [9.17, 15) is 22.8 Å². The van der Waals surface area contributed by atoms with Crippen LogP contribution in [0.5, 0.6) is 5.75 Å². The highest BCUT2D eigenvalue weighted by molar-refractivity contribution is 7.13. The number of rotatable bonds is 9. The molecule has 0 aliphatic heterocycles. The average Bonchev–Trinajstić information content (AvgIpc) is 3.80. The van der Waals surface area contributed by atoms with Crippen LogP contribution in [0.2, 0.25) is 0 Å². The van der Waals surface area contributed by atoms with Crippen molar-refractivity contribution in [3.05, 3.63) is 101 Å². The van der Waals surface area contributed by atoms with E-state index in [-0.39, 0.29) is 23.7 Å². The van der Waals surface area contributed by atoms with Gasteiger partial charge in [-0.1, -0.05) is 35.4 Å². The molecule has 5 aromatic rings. The van der Waals surface area contributed by atoms with Gasteiger partial charge in [-0.3, -0.25) is 15.0 Å². The van der Waals surface area contributed by atoms with Crippen molar-refractivity contribution in [3.8, 4) is 16.3 Å². The van der Waals surface area contributed by atoms with E-state index in [1.807, 2.05) is 24.3 Å². The molecule has 2 aromatic heterocycles. The number of benzene rings is 3. The fourth-order valence-electron chi connectivity index (χ4n) is 5.10. The quantitative estimate of drug-likeness (QED) is 0.148. The maximum absolute atomic E-state index is 13.9. The molecule has 0 spiro atoms. The number of anilines is 3. The second-order valence-electron chi connectivity index (χ2n) is 10.5. The summed E-state index contributed by atoms with van der Waals surface area (Å²) in [5, 5.41) is 20.4. The van der Waals surface area contributed by atoms with Crippen molar-refractivity contribution >= 4 is 46.2 Å². The van der Waals surface area contributed by atoms with E-state index in [4.69, 9.17) is 0 Å². The van der Waals surface area contributed by atoms with Gasteiger partial charge in [-0.25, -0.2) is 9.78 Å². The summed E-state index contributed by atoms with van der Waals surface area (Å²) >= 11 is 1.14. The average molecular weight is 661 g/mol. The Morgan fingerprint density at radius 2 is 1.81 bits per heavy atom. The number of halogens is 3. The lowest BCUT2D eigenvalue weighted by atomic mass is 9.93. The number of tetrazole rings is 1. The van der Waals surface area contributed by atoms with Crippen LogP contribution in [0.4, 0.5) is 35.3 Å². The molecule has 1 aliphatic rings. The number of carbonyl (C=O) groups excluding carboxylic acids is 2. The highest BCUT2D eigenvalue weighted by Gasteiger charge is 2.33. The first-order chi connectivity index (χ1) is 22.7. The third kappa shape index (κ3) is 7.99. The smallest absolute Gasteiger partial charge is 0.405 e. The number of hydrogen-bond acceptors (Lipinski definition) is 8. The number of H-pyrrole nitrogens is 1. The molecule has 3 N–H and O–H groups in total. The number of ether oxygens (including phenoxy) is 1. The molecule has 3 amide bonds. The Hall–Kier alpha value is -5.57. The van der Waals surface area contributed by atoms with Crippen molar-refractivity contribution in [3.63, 3.8) is 0 Å². The maximum atomic E-state index is 13.9. The lowest BCUT2D eigenvalue weighted by Crippen LogP contribution is -2.34. The molecular formula is C32H27F3N8O3S. The largest absolute Gasteiger partial charge is 0.573 e. The van der Waals surface area contributed by atoms with Gasteiger partial charge in [-0.15, -0.1) is 29.6 Å². The minimum Gasteiger partial charge on any atom is -0.405 e. The van der Waals surface area contributed by atoms with Crippen LogP contribution in [0, 0.1) is 0 Å². The second-order valence-corrected chi connectivity index (χ2v) is 11.4. The Balaban J connectivity index is 1.26. The van der Waals surface area contributed by atoms with E-state index in [0.717, 1.165) is 42.2 Å². The summed E-state index contributed by atoms with van der Waals surface area (Å²) < 4.78 is 43.6. The van der Waals surface area contributed by atoms with Gasteiger partial charge in [-0.2, -0.15) is 5.21 Å². The normalized spacial score (nSPS) is 13.0. The van der Waals surface area contributed by atoms with Crippen molar-refractivity contribution < 1.29 is 27.5 Å². The van der Waals surface area contributed by atoms with Gasteiger partial charge in [0.15, 0.2) is 0 Å². The summed E-state index contributed by atoms with van der Waals surface area (Å²) in [4.78, 5) is 32.1. The number of thiazole rings is 1. The zero-order chi connectivity index (χ0) is 32.8. The van der Waals surface area contributed by atoms with Gasteiger partial charge in [0.05, 0.1) is 12.1 Å². The molecule has 6 rings (SSSR count). The topological polar surface area (TPSA) is 138 Å². The molecule has 11 nitrogen and oxygen atoms in total. The van der Waals surface area contributed by atoms with Crippen LogP contribution < -0.4 is 20.3 Å². The number of aromatic amines is 1. The van der Waals surface area contributed by atoms with Crippen LogP contribution in [0.25, 0.3) is 16.1 Å². The van der Waals surface area contributed by atoms with E-state index in [0.29, 0.717) is 21.8 Å². The number of alkyl halides is 3. The van der Waals surface area contributed by atoms with Gasteiger partial charge in [0, 0.05) is 28.5 Å². The Bertz CT molecular complexity index is 1860. The molecule has 0 saturated carbocycles. The zero-order valence-electron chi connectivity index (χ0n) is 24.6. The SMILES string of the molecule is O=C(Nc1nn[nH]n1)c1ccc(CN(C(=O)Nc2ccc(OC(F)(F)F)c(-c3nccs3)c2)c2ccc(C3=CCCCC3)cc2)cc1. The Kier molecular flexibility index (Phi) is 9.24. The maximum Gasteiger partial charge on any atom is 0.573 e. The van der Waals surface area contributed by atoms with Crippen molar-refractivity contribution in [1.82, 2.24) is 25.6 Å². The monoisotopic (exact) mass is 660 g/mol. The van der Waals surface area contributed by atoms with Gasteiger partial charge in [0.25, 0.3) is 11.9 Å². The number of amides is 3. The summed E-state index contributed by atoms with van der Waals surface area (Å²) in [6, 6.07) is 17.7. The molecule has 47 heavy (non-hydrogen) atoms. The molecule has 3 aromatic carbocycles. The van der Waals surface area contributed by atoms with Gasteiger partial charge in [0.1, 0.15) is 10.8 Å². The molecule has 0 saturated heterocycles. The number of aromatic nitrogens is 5. The minimum atomic E-state index is -4.91.